The molecule has 0 saturated carbocycles. The second-order valence-electron chi connectivity index (χ2n) is 2.90. The van der Waals surface area contributed by atoms with E-state index < -0.39 is 10.5 Å². The number of hydrogen-bond donors (Lipinski definition) is 0. The van der Waals surface area contributed by atoms with Crippen LogP contribution in [-0.4, -0.2) is 10.5 Å². The zero-order valence-corrected chi connectivity index (χ0v) is 9.63. The zero-order valence-electron chi connectivity index (χ0n) is 8.11. The van der Waals surface area contributed by atoms with Crippen LogP contribution in [0, 0.1) is 0 Å². The van der Waals surface area contributed by atoms with E-state index in [2.05, 4.69) is 4.74 Å². The molecule has 0 aromatic heterocycles. The summed E-state index contributed by atoms with van der Waals surface area (Å²) in [6.45, 7) is 1.25. The summed E-state index contributed by atoms with van der Waals surface area (Å²) in [6, 6.07) is 9.44. The number of carbonyl (C=O) groups is 1. The summed E-state index contributed by atoms with van der Waals surface area (Å²) >= 11 is 11.4. The molecule has 0 amide bonds. The Hall–Kier alpha value is -0.990. The Kier molecular flexibility index (Phi) is 4.18. The first-order valence-electron chi connectivity index (χ1n) is 4.31. The molecular weight excluding hydrogens is 235 g/mol. The van der Waals surface area contributed by atoms with E-state index in [4.69, 9.17) is 23.2 Å². The van der Waals surface area contributed by atoms with Crippen molar-refractivity contribution in [3.8, 4) is 0 Å². The van der Waals surface area contributed by atoms with E-state index in [0.29, 0.717) is 0 Å². The van der Waals surface area contributed by atoms with Gasteiger partial charge >= 0.3 is 5.97 Å². The summed E-state index contributed by atoms with van der Waals surface area (Å²) in [5, 5.41) is 0. The van der Waals surface area contributed by atoms with Gasteiger partial charge in [0, 0.05) is 6.92 Å². The van der Waals surface area contributed by atoms with Crippen molar-refractivity contribution in [3.63, 3.8) is 0 Å². The van der Waals surface area contributed by atoms with Crippen LogP contribution in [-0.2, 0) is 9.53 Å². The number of esters is 1. The van der Waals surface area contributed by atoms with Gasteiger partial charge in [-0.3, -0.25) is 4.79 Å². The molecule has 80 valence electrons. The highest BCUT2D eigenvalue weighted by Crippen LogP contribution is 2.25. The fourth-order valence-electron chi connectivity index (χ4n) is 0.983. The monoisotopic (exact) mass is 244 g/mol. The molecule has 0 fully saturated rings. The number of hydrogen-bond acceptors (Lipinski definition) is 2. The lowest BCUT2D eigenvalue weighted by atomic mass is 10.2. The number of rotatable bonds is 3. The second-order valence-corrected chi connectivity index (χ2v) is 4.22. The van der Waals surface area contributed by atoms with Gasteiger partial charge in [-0.05, 0) is 11.6 Å². The average Bonchev–Trinajstić information content (AvgIpc) is 2.15. The molecule has 0 saturated heterocycles. The molecule has 0 radical (unpaired) electrons. The molecule has 2 nitrogen and oxygen atoms in total. The lowest BCUT2D eigenvalue weighted by molar-refractivity contribution is -0.142. The summed E-state index contributed by atoms with van der Waals surface area (Å²) in [7, 11) is 0. The SMILES string of the molecule is CC(=O)OC(Cl)(Cl)/C=C/c1ccccc1. The number of alkyl halides is 2. The number of halogens is 2. The molecule has 0 N–H and O–H groups in total. The summed E-state index contributed by atoms with van der Waals surface area (Å²) in [5.74, 6) is -0.530. The Bertz CT molecular complexity index is 358. The maximum Gasteiger partial charge on any atom is 0.305 e. The molecule has 1 aromatic carbocycles. The summed E-state index contributed by atoms with van der Waals surface area (Å²) in [4.78, 5) is 10.6. The highest BCUT2D eigenvalue weighted by Gasteiger charge is 2.23. The molecule has 4 heteroatoms. The van der Waals surface area contributed by atoms with Crippen molar-refractivity contribution in [1.29, 1.82) is 0 Å². The van der Waals surface area contributed by atoms with Gasteiger partial charge in [0.15, 0.2) is 0 Å². The largest absolute Gasteiger partial charge is 0.425 e. The van der Waals surface area contributed by atoms with Gasteiger partial charge in [-0.25, -0.2) is 0 Å². The quantitative estimate of drug-likeness (QED) is 0.602. The van der Waals surface area contributed by atoms with Gasteiger partial charge in [-0.15, -0.1) is 0 Å². The normalized spacial score (nSPS) is 11.7. The maximum absolute atomic E-state index is 10.6. The van der Waals surface area contributed by atoms with E-state index in [0.717, 1.165) is 5.56 Å². The van der Waals surface area contributed by atoms with Crippen LogP contribution in [0.2, 0.25) is 0 Å². The summed E-state index contributed by atoms with van der Waals surface area (Å²) in [6.07, 6.45) is 3.09. The van der Waals surface area contributed by atoms with Crippen LogP contribution in [0.5, 0.6) is 0 Å². The zero-order chi connectivity index (χ0) is 11.3. The van der Waals surface area contributed by atoms with Gasteiger partial charge in [0.1, 0.15) is 0 Å². The molecule has 1 aromatic rings. The van der Waals surface area contributed by atoms with Crippen LogP contribution in [0.15, 0.2) is 36.4 Å². The third-order valence-corrected chi connectivity index (χ3v) is 1.96. The molecule has 0 atom stereocenters. The maximum atomic E-state index is 10.6. The van der Waals surface area contributed by atoms with Gasteiger partial charge in [0.25, 0.3) is 4.52 Å². The highest BCUT2D eigenvalue weighted by atomic mass is 35.5. The molecule has 0 aliphatic heterocycles. The van der Waals surface area contributed by atoms with Crippen molar-refractivity contribution < 1.29 is 9.53 Å². The summed E-state index contributed by atoms with van der Waals surface area (Å²) < 4.78 is 3.06. The molecule has 0 bridgehead atoms. The Labute approximate surface area is 98.4 Å². The Morgan fingerprint density at radius 1 is 1.33 bits per heavy atom. The molecule has 15 heavy (non-hydrogen) atoms. The van der Waals surface area contributed by atoms with Crippen molar-refractivity contribution in [3.05, 3.63) is 42.0 Å². The third-order valence-electron chi connectivity index (χ3n) is 1.55. The van der Waals surface area contributed by atoms with Crippen molar-refractivity contribution in [2.75, 3.05) is 0 Å². The van der Waals surface area contributed by atoms with Crippen LogP contribution < -0.4 is 0 Å². The minimum atomic E-state index is -1.61. The second kappa shape index (κ2) is 5.19. The molecule has 1 rings (SSSR count). The molecule has 0 aliphatic carbocycles. The van der Waals surface area contributed by atoms with Gasteiger partial charge < -0.3 is 4.74 Å². The van der Waals surface area contributed by atoms with Crippen LogP contribution in [0.1, 0.15) is 12.5 Å². The van der Waals surface area contributed by atoms with Gasteiger partial charge in [-0.2, -0.15) is 0 Å². The van der Waals surface area contributed by atoms with Crippen LogP contribution in [0.25, 0.3) is 6.08 Å². The molecule has 0 unspecified atom stereocenters. The number of benzene rings is 1. The standard InChI is InChI=1S/C11H10Cl2O2/c1-9(14)15-11(12,13)8-7-10-5-3-2-4-6-10/h2-8H,1H3/b8-7+. The van der Waals surface area contributed by atoms with Crippen LogP contribution >= 0.6 is 23.2 Å². The molecule has 0 aliphatic rings. The fraction of sp³-hybridized carbons (Fsp3) is 0.182. The minimum Gasteiger partial charge on any atom is -0.425 e. The smallest absolute Gasteiger partial charge is 0.305 e. The summed E-state index contributed by atoms with van der Waals surface area (Å²) in [5.41, 5.74) is 0.926. The van der Waals surface area contributed by atoms with E-state index in [1.165, 1.54) is 13.0 Å². The fourth-order valence-corrected chi connectivity index (χ4v) is 1.33. The first-order chi connectivity index (χ1) is 6.99. The van der Waals surface area contributed by atoms with Crippen molar-refractivity contribution >= 4 is 35.2 Å². The molecule has 0 spiro atoms. The van der Waals surface area contributed by atoms with Crippen molar-refractivity contribution in [2.24, 2.45) is 0 Å². The Morgan fingerprint density at radius 3 is 2.47 bits per heavy atom. The first kappa shape index (κ1) is 12.1. The van der Waals surface area contributed by atoms with E-state index in [1.807, 2.05) is 30.3 Å². The van der Waals surface area contributed by atoms with Gasteiger partial charge in [0.2, 0.25) is 0 Å². The van der Waals surface area contributed by atoms with E-state index in [-0.39, 0.29) is 0 Å². The van der Waals surface area contributed by atoms with Crippen LogP contribution in [0.3, 0.4) is 0 Å². The molecule has 0 heterocycles. The van der Waals surface area contributed by atoms with E-state index >= 15 is 0 Å². The predicted molar refractivity (Wildman–Crippen MR) is 61.7 cm³/mol. The van der Waals surface area contributed by atoms with E-state index in [1.54, 1.807) is 6.08 Å². The minimum absolute atomic E-state index is 0.530. The Morgan fingerprint density at radius 2 is 1.93 bits per heavy atom. The van der Waals surface area contributed by atoms with Gasteiger partial charge in [0.05, 0.1) is 0 Å². The first-order valence-corrected chi connectivity index (χ1v) is 5.07. The van der Waals surface area contributed by atoms with Crippen molar-refractivity contribution in [2.45, 2.75) is 11.4 Å². The molecular formula is C11H10Cl2O2. The third kappa shape index (κ3) is 4.86. The lowest BCUT2D eigenvalue weighted by Gasteiger charge is -2.14. The lowest BCUT2D eigenvalue weighted by Crippen LogP contribution is -2.17. The van der Waals surface area contributed by atoms with Crippen molar-refractivity contribution in [1.82, 2.24) is 0 Å². The highest BCUT2D eigenvalue weighted by molar-refractivity contribution is 6.49. The topological polar surface area (TPSA) is 26.3 Å². The average molecular weight is 245 g/mol. The Balaban J connectivity index is 2.68. The van der Waals surface area contributed by atoms with Gasteiger partial charge in [-0.1, -0.05) is 59.6 Å². The van der Waals surface area contributed by atoms with E-state index in [9.17, 15) is 4.79 Å². The number of ether oxygens (including phenoxy) is 1. The predicted octanol–water partition coefficient (Wildman–Crippen LogP) is 3.39. The number of carbonyl (C=O) groups excluding carboxylic acids is 1. The van der Waals surface area contributed by atoms with Crippen LogP contribution in [0.4, 0.5) is 0 Å².